The SMILES string of the molecule is NS(=O)(=O)CCN1CCN(C(=O)[C@@H]2C[C@@H]2C2CCCCC2)CC1. The Morgan fingerprint density at radius 1 is 1.04 bits per heavy atom. The Morgan fingerprint density at radius 3 is 2.30 bits per heavy atom. The number of hydrogen-bond acceptors (Lipinski definition) is 4. The number of amides is 1. The van der Waals surface area contributed by atoms with Crippen molar-refractivity contribution in [2.24, 2.45) is 22.9 Å². The van der Waals surface area contributed by atoms with Crippen molar-refractivity contribution < 1.29 is 13.2 Å². The first-order valence-corrected chi connectivity index (χ1v) is 10.7. The quantitative estimate of drug-likeness (QED) is 0.794. The van der Waals surface area contributed by atoms with Crippen LogP contribution in [0.25, 0.3) is 0 Å². The van der Waals surface area contributed by atoms with E-state index in [1.54, 1.807) is 0 Å². The number of nitrogens with two attached hydrogens (primary N) is 1. The number of rotatable bonds is 5. The maximum atomic E-state index is 12.6. The molecule has 3 aliphatic rings. The average Bonchev–Trinajstić information content (AvgIpc) is 3.33. The molecule has 0 aromatic rings. The molecule has 0 radical (unpaired) electrons. The molecular weight excluding hydrogens is 314 g/mol. The van der Waals surface area contributed by atoms with Crippen molar-refractivity contribution in [1.82, 2.24) is 9.80 Å². The normalized spacial score (nSPS) is 30.4. The van der Waals surface area contributed by atoms with Crippen molar-refractivity contribution in [3.63, 3.8) is 0 Å². The summed E-state index contributed by atoms with van der Waals surface area (Å²) in [4.78, 5) is 16.7. The summed E-state index contributed by atoms with van der Waals surface area (Å²) in [6.45, 7) is 3.41. The van der Waals surface area contributed by atoms with Crippen molar-refractivity contribution in [3.05, 3.63) is 0 Å². The van der Waals surface area contributed by atoms with E-state index in [4.69, 9.17) is 5.14 Å². The van der Waals surface area contributed by atoms with Crippen molar-refractivity contribution in [1.29, 1.82) is 0 Å². The van der Waals surface area contributed by atoms with Gasteiger partial charge in [-0.3, -0.25) is 9.69 Å². The summed E-state index contributed by atoms with van der Waals surface area (Å²) >= 11 is 0. The fourth-order valence-corrected chi connectivity index (χ4v) is 4.78. The second-order valence-electron chi connectivity index (χ2n) is 7.44. The predicted molar refractivity (Wildman–Crippen MR) is 89.2 cm³/mol. The first kappa shape index (κ1) is 17.2. The highest BCUT2D eigenvalue weighted by Gasteiger charge is 2.48. The van der Waals surface area contributed by atoms with Crippen LogP contribution in [0.15, 0.2) is 0 Å². The van der Waals surface area contributed by atoms with Crippen LogP contribution < -0.4 is 5.14 Å². The van der Waals surface area contributed by atoms with Crippen LogP contribution in [0.5, 0.6) is 0 Å². The summed E-state index contributed by atoms with van der Waals surface area (Å²) in [5.74, 6) is 2.03. The number of hydrogen-bond donors (Lipinski definition) is 1. The lowest BCUT2D eigenvalue weighted by molar-refractivity contribution is -0.134. The minimum absolute atomic E-state index is 0.00662. The highest BCUT2D eigenvalue weighted by molar-refractivity contribution is 7.89. The molecule has 0 bridgehead atoms. The molecule has 1 amide bonds. The molecule has 0 spiro atoms. The van der Waals surface area contributed by atoms with Gasteiger partial charge in [-0.05, 0) is 18.3 Å². The van der Waals surface area contributed by atoms with E-state index in [1.165, 1.54) is 32.1 Å². The Hall–Kier alpha value is -0.660. The van der Waals surface area contributed by atoms with Gasteiger partial charge in [-0.2, -0.15) is 0 Å². The summed E-state index contributed by atoms with van der Waals surface area (Å²) in [6, 6.07) is 0. The van der Waals surface area contributed by atoms with E-state index < -0.39 is 10.0 Å². The Bertz CT molecular complexity index is 523. The third-order valence-electron chi connectivity index (χ3n) is 5.79. The van der Waals surface area contributed by atoms with E-state index in [-0.39, 0.29) is 11.7 Å². The van der Waals surface area contributed by atoms with Crippen LogP contribution in [-0.4, -0.2) is 62.6 Å². The predicted octanol–water partition coefficient (Wildman–Crippen LogP) is 0.636. The number of primary sulfonamides is 1. The van der Waals surface area contributed by atoms with Crippen LogP contribution in [0.1, 0.15) is 38.5 Å². The third kappa shape index (κ3) is 4.67. The zero-order chi connectivity index (χ0) is 16.4. The highest BCUT2D eigenvalue weighted by Crippen LogP contribution is 2.50. The van der Waals surface area contributed by atoms with Crippen molar-refractivity contribution >= 4 is 15.9 Å². The van der Waals surface area contributed by atoms with Crippen LogP contribution in [0.2, 0.25) is 0 Å². The zero-order valence-electron chi connectivity index (χ0n) is 13.8. The maximum Gasteiger partial charge on any atom is 0.226 e. The topological polar surface area (TPSA) is 83.7 Å². The molecule has 1 aliphatic heterocycles. The maximum absolute atomic E-state index is 12.6. The third-order valence-corrected chi connectivity index (χ3v) is 6.54. The Kier molecular flexibility index (Phi) is 5.28. The second kappa shape index (κ2) is 7.07. The van der Waals surface area contributed by atoms with Crippen LogP contribution in [0, 0.1) is 17.8 Å². The lowest BCUT2D eigenvalue weighted by Crippen LogP contribution is -2.50. The minimum Gasteiger partial charge on any atom is -0.340 e. The molecule has 0 aromatic heterocycles. The van der Waals surface area contributed by atoms with Gasteiger partial charge >= 0.3 is 0 Å². The van der Waals surface area contributed by atoms with Gasteiger partial charge in [0, 0.05) is 38.6 Å². The molecule has 1 saturated heterocycles. The lowest BCUT2D eigenvalue weighted by atomic mass is 9.85. The van der Waals surface area contributed by atoms with Gasteiger partial charge in [0.05, 0.1) is 5.75 Å². The number of piperazine rings is 1. The van der Waals surface area contributed by atoms with E-state index in [0.717, 1.165) is 38.5 Å². The number of sulfonamides is 1. The lowest BCUT2D eigenvalue weighted by Gasteiger charge is -2.35. The van der Waals surface area contributed by atoms with E-state index in [1.807, 2.05) is 4.90 Å². The van der Waals surface area contributed by atoms with E-state index in [2.05, 4.69) is 4.90 Å². The van der Waals surface area contributed by atoms with Gasteiger partial charge in [0.15, 0.2) is 0 Å². The smallest absolute Gasteiger partial charge is 0.226 e. The molecular formula is C16H29N3O3S. The monoisotopic (exact) mass is 343 g/mol. The summed E-state index contributed by atoms with van der Waals surface area (Å²) in [5.41, 5.74) is 0. The van der Waals surface area contributed by atoms with Crippen molar-refractivity contribution in [2.45, 2.75) is 38.5 Å². The summed E-state index contributed by atoms with van der Waals surface area (Å²) in [6.07, 6.45) is 7.76. The van der Waals surface area contributed by atoms with Gasteiger partial charge in [-0.25, -0.2) is 13.6 Å². The van der Waals surface area contributed by atoms with Gasteiger partial charge in [-0.15, -0.1) is 0 Å². The molecule has 132 valence electrons. The molecule has 2 saturated carbocycles. The molecule has 6 nitrogen and oxygen atoms in total. The molecule has 23 heavy (non-hydrogen) atoms. The largest absolute Gasteiger partial charge is 0.340 e. The Balaban J connectivity index is 1.41. The molecule has 3 fully saturated rings. The van der Waals surface area contributed by atoms with Gasteiger partial charge in [-0.1, -0.05) is 32.1 Å². The van der Waals surface area contributed by atoms with Crippen LogP contribution in [-0.2, 0) is 14.8 Å². The van der Waals surface area contributed by atoms with E-state index >= 15 is 0 Å². The highest BCUT2D eigenvalue weighted by atomic mass is 32.2. The summed E-state index contributed by atoms with van der Waals surface area (Å²) < 4.78 is 22.0. The number of nitrogens with zero attached hydrogens (tertiary/aromatic N) is 2. The molecule has 1 heterocycles. The van der Waals surface area contributed by atoms with E-state index in [9.17, 15) is 13.2 Å². The molecule has 3 rings (SSSR count). The van der Waals surface area contributed by atoms with Gasteiger partial charge < -0.3 is 4.90 Å². The standard InChI is InChI=1S/C16H29N3O3S/c17-23(21,22)11-10-18-6-8-19(9-7-18)16(20)15-12-14(15)13-4-2-1-3-5-13/h13-15H,1-12H2,(H2,17,21,22)/t14-,15-/m1/s1. The van der Waals surface area contributed by atoms with Crippen LogP contribution in [0.3, 0.4) is 0 Å². The van der Waals surface area contributed by atoms with Crippen LogP contribution in [0.4, 0.5) is 0 Å². The van der Waals surface area contributed by atoms with Gasteiger partial charge in [0.2, 0.25) is 15.9 Å². The van der Waals surface area contributed by atoms with E-state index in [0.29, 0.717) is 18.4 Å². The fraction of sp³-hybridized carbons (Fsp3) is 0.938. The molecule has 0 aromatic carbocycles. The first-order chi connectivity index (χ1) is 10.9. The van der Waals surface area contributed by atoms with Gasteiger partial charge in [0.25, 0.3) is 0 Å². The number of carbonyl (C=O) groups excluding carboxylic acids is 1. The average molecular weight is 343 g/mol. The summed E-state index contributed by atoms with van der Waals surface area (Å²) in [5, 5.41) is 5.04. The molecule has 0 unspecified atom stereocenters. The Labute approximate surface area is 139 Å². The molecule has 2 N–H and O–H groups in total. The fourth-order valence-electron chi connectivity index (χ4n) is 4.26. The molecule has 7 heteroatoms. The second-order valence-corrected chi connectivity index (χ2v) is 9.17. The number of carbonyl (C=O) groups is 1. The Morgan fingerprint density at radius 2 is 1.70 bits per heavy atom. The van der Waals surface area contributed by atoms with Crippen molar-refractivity contribution in [2.75, 3.05) is 38.5 Å². The molecule has 2 atom stereocenters. The van der Waals surface area contributed by atoms with Gasteiger partial charge in [0.1, 0.15) is 0 Å². The minimum atomic E-state index is -3.40. The van der Waals surface area contributed by atoms with Crippen LogP contribution >= 0.6 is 0 Å². The first-order valence-electron chi connectivity index (χ1n) is 8.95. The zero-order valence-corrected chi connectivity index (χ0v) is 14.6. The molecule has 2 aliphatic carbocycles. The van der Waals surface area contributed by atoms with Crippen molar-refractivity contribution in [3.8, 4) is 0 Å². The summed E-state index contributed by atoms with van der Waals surface area (Å²) in [7, 11) is -3.40.